The van der Waals surface area contributed by atoms with Gasteiger partial charge in [-0.15, -0.1) is 5.59 Å². The highest BCUT2D eigenvalue weighted by Crippen LogP contribution is 2.00. The van der Waals surface area contributed by atoms with Crippen LogP contribution in [-0.4, -0.2) is 74.0 Å². The maximum atomic E-state index is 10.2. The molecule has 0 radical (unpaired) electrons. The first-order chi connectivity index (χ1) is 9.43. The molecule has 0 unspecified atom stereocenters. The second-order valence-electron chi connectivity index (χ2n) is 3.54. The smallest absolute Gasteiger partial charge is 0.284 e. The summed E-state index contributed by atoms with van der Waals surface area (Å²) < 4.78 is 0. The normalized spacial score (nSPS) is 15.5. The molecule has 114 valence electrons. The molecule has 0 saturated heterocycles. The van der Waals surface area contributed by atoms with Crippen molar-refractivity contribution in [3.8, 4) is 0 Å². The predicted octanol–water partition coefficient (Wildman–Crippen LogP) is -3.05. The van der Waals surface area contributed by atoms with Crippen molar-refractivity contribution in [3.63, 3.8) is 0 Å². The molecule has 0 spiro atoms. The molecule has 0 aromatic heterocycles. The average molecular weight is 293 g/mol. The Balaban J connectivity index is 2.52. The average Bonchev–Trinajstić information content (AvgIpc) is 2.75. The Kier molecular flexibility index (Phi) is 5.81. The lowest BCUT2D eigenvalue weighted by molar-refractivity contribution is -0.486. The van der Waals surface area contributed by atoms with Crippen LogP contribution in [0.4, 0.5) is 0 Å². The lowest BCUT2D eigenvalue weighted by atomic mass is 10.5. The van der Waals surface area contributed by atoms with Gasteiger partial charge in [-0.2, -0.15) is 0 Å². The Morgan fingerprint density at radius 3 is 2.90 bits per heavy atom. The van der Waals surface area contributed by atoms with Gasteiger partial charge in [0.1, 0.15) is 5.10 Å². The van der Waals surface area contributed by atoms with Crippen LogP contribution in [0.3, 0.4) is 0 Å². The zero-order valence-corrected chi connectivity index (χ0v) is 10.2. The number of nitrogens with two attached hydrogens (primary N) is 1. The minimum atomic E-state index is -1.00. The summed E-state index contributed by atoms with van der Waals surface area (Å²) >= 11 is 0. The SMILES string of the molecule is NC(=N[N+](=O)[O-])N(CCN1CCN=C1NN(O)O)NO. The first-order valence-corrected chi connectivity index (χ1v) is 5.33. The molecule has 7 N–H and O–H groups in total. The Labute approximate surface area is 112 Å². The predicted molar refractivity (Wildman–Crippen MR) is 62.7 cm³/mol. The molecule has 1 aliphatic rings. The van der Waals surface area contributed by atoms with Crippen LogP contribution in [0.15, 0.2) is 10.1 Å². The quantitative estimate of drug-likeness (QED) is 0.126. The van der Waals surface area contributed by atoms with Gasteiger partial charge in [-0.1, -0.05) is 0 Å². The number of guanidine groups is 2. The largest absolute Gasteiger partial charge is 0.363 e. The van der Waals surface area contributed by atoms with Crippen LogP contribution in [-0.2, 0) is 0 Å². The van der Waals surface area contributed by atoms with Gasteiger partial charge < -0.3 is 10.6 Å². The number of aliphatic imine (C=N–C) groups is 1. The van der Waals surface area contributed by atoms with Gasteiger partial charge in [0, 0.05) is 18.4 Å². The van der Waals surface area contributed by atoms with Crippen LogP contribution in [0.5, 0.6) is 0 Å². The Hall–Kier alpha value is -2.26. The molecule has 0 bridgehead atoms. The minimum absolute atomic E-state index is 0.0250. The van der Waals surface area contributed by atoms with Gasteiger partial charge in [0.2, 0.25) is 5.96 Å². The first kappa shape index (κ1) is 15.8. The summed E-state index contributed by atoms with van der Waals surface area (Å²) in [6.07, 6.45) is 0. The van der Waals surface area contributed by atoms with Crippen molar-refractivity contribution in [2.45, 2.75) is 0 Å². The molecule has 0 amide bonds. The number of rotatable bonds is 6. The van der Waals surface area contributed by atoms with E-state index in [1.54, 1.807) is 10.5 Å². The second kappa shape index (κ2) is 7.36. The van der Waals surface area contributed by atoms with Crippen molar-refractivity contribution in [2.24, 2.45) is 15.8 Å². The lowest BCUT2D eigenvalue weighted by Gasteiger charge is -2.25. The van der Waals surface area contributed by atoms with E-state index in [1.165, 1.54) is 0 Å². The topological polar surface area (TPSA) is 188 Å². The van der Waals surface area contributed by atoms with Crippen LogP contribution in [0.2, 0.25) is 0 Å². The van der Waals surface area contributed by atoms with Crippen LogP contribution < -0.4 is 16.7 Å². The third-order valence-electron chi connectivity index (χ3n) is 2.31. The van der Waals surface area contributed by atoms with E-state index in [-0.39, 0.29) is 24.4 Å². The lowest BCUT2D eigenvalue weighted by Crippen LogP contribution is -2.52. The van der Waals surface area contributed by atoms with Crippen molar-refractivity contribution in [2.75, 3.05) is 26.2 Å². The molecule has 0 fully saturated rings. The van der Waals surface area contributed by atoms with Gasteiger partial charge in [-0.05, 0) is 0 Å². The molecule has 0 aromatic carbocycles. The summed E-state index contributed by atoms with van der Waals surface area (Å²) in [5, 5.41) is 38.7. The minimum Gasteiger partial charge on any atom is -0.363 e. The number of hydrogen-bond acceptors (Lipinski definition) is 10. The summed E-state index contributed by atoms with van der Waals surface area (Å²) in [6, 6.07) is 0. The third kappa shape index (κ3) is 4.78. The Morgan fingerprint density at radius 1 is 1.65 bits per heavy atom. The van der Waals surface area contributed by atoms with Crippen LogP contribution in [0, 0.1) is 10.1 Å². The number of nitrogens with one attached hydrogen (secondary N) is 2. The van der Waals surface area contributed by atoms with Crippen molar-refractivity contribution in [1.82, 2.24) is 26.3 Å². The molecule has 0 atom stereocenters. The fourth-order valence-electron chi connectivity index (χ4n) is 1.47. The van der Waals surface area contributed by atoms with E-state index in [1.807, 2.05) is 0 Å². The molecular weight excluding hydrogens is 278 g/mol. The maximum absolute atomic E-state index is 10.2. The van der Waals surface area contributed by atoms with Crippen molar-refractivity contribution in [1.29, 1.82) is 0 Å². The second-order valence-corrected chi connectivity index (χ2v) is 3.54. The molecule has 20 heavy (non-hydrogen) atoms. The molecular formula is C6H15N9O5. The summed E-state index contributed by atoms with van der Waals surface area (Å²) in [4.78, 5) is 15.7. The van der Waals surface area contributed by atoms with E-state index < -0.39 is 11.0 Å². The van der Waals surface area contributed by atoms with E-state index in [9.17, 15) is 10.1 Å². The first-order valence-electron chi connectivity index (χ1n) is 5.33. The molecule has 14 heteroatoms. The van der Waals surface area contributed by atoms with Crippen molar-refractivity contribution < 1.29 is 20.7 Å². The van der Waals surface area contributed by atoms with Gasteiger partial charge >= 0.3 is 0 Å². The molecule has 1 aliphatic heterocycles. The summed E-state index contributed by atoms with van der Waals surface area (Å²) in [5.41, 5.74) is 9.10. The van der Waals surface area contributed by atoms with Crippen molar-refractivity contribution in [3.05, 3.63) is 10.1 Å². The molecule has 0 aliphatic carbocycles. The monoisotopic (exact) mass is 293 g/mol. The molecule has 0 aromatic rings. The number of hydrogen-bond donors (Lipinski definition) is 6. The molecule has 1 rings (SSSR count). The zero-order chi connectivity index (χ0) is 15.1. The number of hydrazine groups is 2. The number of nitro groups is 1. The maximum Gasteiger partial charge on any atom is 0.284 e. The van der Waals surface area contributed by atoms with Crippen LogP contribution in [0.1, 0.15) is 0 Å². The van der Waals surface area contributed by atoms with E-state index in [0.717, 1.165) is 5.01 Å². The van der Waals surface area contributed by atoms with Gasteiger partial charge in [0.25, 0.3) is 5.96 Å². The fourth-order valence-corrected chi connectivity index (χ4v) is 1.47. The highest BCUT2D eigenvalue weighted by molar-refractivity contribution is 5.81. The van der Waals surface area contributed by atoms with E-state index in [2.05, 4.69) is 15.5 Å². The van der Waals surface area contributed by atoms with Gasteiger partial charge in [0.05, 0.1) is 13.1 Å². The Bertz CT molecular complexity index is 398. The fraction of sp³-hybridized carbons (Fsp3) is 0.667. The van der Waals surface area contributed by atoms with Crippen LogP contribution >= 0.6 is 0 Å². The summed E-state index contributed by atoms with van der Waals surface area (Å²) in [5.74, 6) is -0.341. The zero-order valence-electron chi connectivity index (χ0n) is 10.2. The van der Waals surface area contributed by atoms with Gasteiger partial charge in [-0.25, -0.2) is 20.5 Å². The van der Waals surface area contributed by atoms with E-state index in [4.69, 9.17) is 21.4 Å². The van der Waals surface area contributed by atoms with Crippen molar-refractivity contribution >= 4 is 11.9 Å². The number of hydrazone groups is 1. The third-order valence-corrected chi connectivity index (χ3v) is 2.31. The summed E-state index contributed by atoms with van der Waals surface area (Å²) in [7, 11) is 0. The number of nitrogens with zero attached hydrogens (tertiary/aromatic N) is 6. The molecule has 14 nitrogen and oxygen atoms in total. The van der Waals surface area contributed by atoms with E-state index >= 15 is 0 Å². The molecule has 1 heterocycles. The summed E-state index contributed by atoms with van der Waals surface area (Å²) in [6.45, 7) is 1.17. The van der Waals surface area contributed by atoms with E-state index in [0.29, 0.717) is 13.1 Å². The molecule has 0 saturated carbocycles. The van der Waals surface area contributed by atoms with Gasteiger partial charge in [0.15, 0.2) is 5.03 Å². The van der Waals surface area contributed by atoms with Gasteiger partial charge in [-0.3, -0.25) is 20.6 Å². The highest BCUT2D eigenvalue weighted by atomic mass is 16.8. The standard InChI is InChI=1S/C6H15N9O5/c7-5(9-14(17)18)13(11-16)4-3-12-2-1-8-6(12)10-15(19)20/h11,16,19-20H,1-4H2,(H2,7,9)(H,8,10). The Morgan fingerprint density at radius 2 is 2.35 bits per heavy atom. The highest BCUT2D eigenvalue weighted by Gasteiger charge is 2.20. The van der Waals surface area contributed by atoms with Crippen LogP contribution in [0.25, 0.3) is 0 Å².